The Morgan fingerprint density at radius 2 is 2.12 bits per heavy atom. The summed E-state index contributed by atoms with van der Waals surface area (Å²) in [5.74, 6) is 1.12. The molecule has 4 rings (SSSR count). The Bertz CT molecular complexity index is 963. The van der Waals surface area contributed by atoms with E-state index in [0.29, 0.717) is 36.0 Å². The van der Waals surface area contributed by atoms with E-state index in [0.717, 1.165) is 12.8 Å². The maximum atomic E-state index is 12.9. The Morgan fingerprint density at radius 3 is 2.77 bits per heavy atom. The second-order valence-corrected chi connectivity index (χ2v) is 6.74. The highest BCUT2D eigenvalue weighted by Crippen LogP contribution is 2.51. The second-order valence-electron chi connectivity index (χ2n) is 6.74. The first kappa shape index (κ1) is 16.1. The molecule has 0 bridgehead atoms. The van der Waals surface area contributed by atoms with Crippen molar-refractivity contribution in [3.8, 4) is 12.1 Å². The first-order valence-electron chi connectivity index (χ1n) is 8.48. The molecule has 1 amide bonds. The zero-order valence-corrected chi connectivity index (χ0v) is 14.3. The van der Waals surface area contributed by atoms with Gasteiger partial charge in [0.15, 0.2) is 5.82 Å². The van der Waals surface area contributed by atoms with Gasteiger partial charge in [0.25, 0.3) is 0 Å². The van der Waals surface area contributed by atoms with Crippen LogP contribution in [-0.2, 0) is 11.8 Å². The van der Waals surface area contributed by atoms with Gasteiger partial charge < -0.3 is 10.2 Å². The third kappa shape index (κ3) is 2.47. The zero-order valence-electron chi connectivity index (χ0n) is 14.3. The summed E-state index contributed by atoms with van der Waals surface area (Å²) in [5.41, 5.74) is 0.280. The van der Waals surface area contributed by atoms with Crippen molar-refractivity contribution < 1.29 is 4.79 Å². The zero-order chi connectivity index (χ0) is 18.3. The number of nitrogens with one attached hydrogen (secondary N) is 1. The van der Waals surface area contributed by atoms with E-state index in [-0.39, 0.29) is 11.8 Å². The number of pyridine rings is 1. The third-order valence-electron chi connectivity index (χ3n) is 5.14. The van der Waals surface area contributed by atoms with E-state index in [1.165, 1.54) is 4.68 Å². The lowest BCUT2D eigenvalue weighted by Crippen LogP contribution is -2.35. The van der Waals surface area contributed by atoms with Gasteiger partial charge in [-0.2, -0.15) is 15.6 Å². The van der Waals surface area contributed by atoms with Crippen molar-refractivity contribution in [1.82, 2.24) is 14.8 Å². The van der Waals surface area contributed by atoms with Crippen LogP contribution in [0.4, 0.5) is 17.3 Å². The van der Waals surface area contributed by atoms with Gasteiger partial charge in [-0.1, -0.05) is 0 Å². The van der Waals surface area contributed by atoms with Crippen molar-refractivity contribution in [2.75, 3.05) is 16.8 Å². The smallest absolute Gasteiger partial charge is 0.247 e. The number of nitriles is 2. The fourth-order valence-corrected chi connectivity index (χ4v) is 3.55. The van der Waals surface area contributed by atoms with Crippen molar-refractivity contribution in [1.29, 1.82) is 10.5 Å². The molecule has 2 aromatic heterocycles. The van der Waals surface area contributed by atoms with Gasteiger partial charge in [-0.15, -0.1) is 0 Å². The predicted molar refractivity (Wildman–Crippen MR) is 93.2 cm³/mol. The van der Waals surface area contributed by atoms with Crippen LogP contribution in [0.3, 0.4) is 0 Å². The molecule has 0 aromatic carbocycles. The standard InChI is InChI=1S/C18H17N7O/c1-24-14(10-19)9-16(23-24)22-15-8-13(4-6-21-15)25-7-5-18(11-20,17(25)26)12-2-3-12/h4,6,8-9,12H,2-3,5,7H2,1H3,(H,21,22,23)/t18-/m1/s1. The molecule has 1 N–H and O–H groups in total. The fourth-order valence-electron chi connectivity index (χ4n) is 3.55. The summed E-state index contributed by atoms with van der Waals surface area (Å²) in [6, 6.07) is 9.50. The molecule has 3 heterocycles. The highest BCUT2D eigenvalue weighted by Gasteiger charge is 2.56. The van der Waals surface area contributed by atoms with E-state index in [4.69, 9.17) is 5.26 Å². The predicted octanol–water partition coefficient (Wildman–Crippen LogP) is 2.09. The van der Waals surface area contributed by atoms with Crippen LogP contribution in [0.25, 0.3) is 0 Å². The number of carbonyl (C=O) groups is 1. The first-order chi connectivity index (χ1) is 12.6. The van der Waals surface area contributed by atoms with E-state index in [2.05, 4.69) is 27.5 Å². The molecule has 1 aliphatic heterocycles. The van der Waals surface area contributed by atoms with Gasteiger partial charge in [0.1, 0.15) is 23.0 Å². The van der Waals surface area contributed by atoms with Crippen molar-refractivity contribution in [2.24, 2.45) is 18.4 Å². The molecule has 1 aliphatic carbocycles. The molecule has 2 aliphatic rings. The van der Waals surface area contributed by atoms with E-state index >= 15 is 0 Å². The normalized spacial score (nSPS) is 22.1. The van der Waals surface area contributed by atoms with Gasteiger partial charge in [0.2, 0.25) is 5.91 Å². The molecule has 0 unspecified atom stereocenters. The molecular weight excluding hydrogens is 330 g/mol. The Morgan fingerprint density at radius 1 is 1.31 bits per heavy atom. The maximum absolute atomic E-state index is 12.9. The van der Waals surface area contributed by atoms with Crippen LogP contribution in [0.5, 0.6) is 0 Å². The number of aromatic nitrogens is 3. The number of amides is 1. The van der Waals surface area contributed by atoms with Gasteiger partial charge in [0, 0.05) is 37.6 Å². The summed E-state index contributed by atoms with van der Waals surface area (Å²) in [6.45, 7) is 0.536. The Hall–Kier alpha value is -3.39. The quantitative estimate of drug-likeness (QED) is 0.906. The van der Waals surface area contributed by atoms with Crippen molar-refractivity contribution >= 4 is 23.2 Å². The number of nitrogens with zero attached hydrogens (tertiary/aromatic N) is 6. The largest absolute Gasteiger partial charge is 0.323 e. The summed E-state index contributed by atoms with van der Waals surface area (Å²) < 4.78 is 1.48. The highest BCUT2D eigenvalue weighted by molar-refractivity contribution is 6.02. The van der Waals surface area contributed by atoms with Crippen LogP contribution in [0.15, 0.2) is 24.4 Å². The summed E-state index contributed by atoms with van der Waals surface area (Å²) >= 11 is 0. The number of hydrogen-bond donors (Lipinski definition) is 1. The third-order valence-corrected chi connectivity index (χ3v) is 5.14. The average molecular weight is 347 g/mol. The molecule has 26 heavy (non-hydrogen) atoms. The number of hydrogen-bond acceptors (Lipinski definition) is 6. The van der Waals surface area contributed by atoms with Gasteiger partial charge >= 0.3 is 0 Å². The lowest BCUT2D eigenvalue weighted by molar-refractivity contribution is -0.123. The molecule has 1 saturated carbocycles. The number of aryl methyl sites for hydroxylation is 1. The topological polar surface area (TPSA) is 111 Å². The van der Waals surface area contributed by atoms with Crippen LogP contribution in [-0.4, -0.2) is 27.2 Å². The molecule has 0 radical (unpaired) electrons. The van der Waals surface area contributed by atoms with E-state index < -0.39 is 5.41 Å². The number of rotatable bonds is 4. The highest BCUT2D eigenvalue weighted by atomic mass is 16.2. The monoisotopic (exact) mass is 347 g/mol. The van der Waals surface area contributed by atoms with Gasteiger partial charge in [-0.25, -0.2) is 4.98 Å². The average Bonchev–Trinajstić information content (AvgIpc) is 3.36. The molecule has 2 fully saturated rings. The lowest BCUT2D eigenvalue weighted by atomic mass is 9.83. The van der Waals surface area contributed by atoms with Crippen LogP contribution in [0.2, 0.25) is 0 Å². The molecule has 8 nitrogen and oxygen atoms in total. The van der Waals surface area contributed by atoms with E-state index in [1.54, 1.807) is 36.3 Å². The summed E-state index contributed by atoms with van der Waals surface area (Å²) in [6.07, 6.45) is 4.10. The molecule has 8 heteroatoms. The molecular formula is C18H17N7O. The minimum Gasteiger partial charge on any atom is -0.323 e. The van der Waals surface area contributed by atoms with Crippen LogP contribution >= 0.6 is 0 Å². The lowest BCUT2D eigenvalue weighted by Gasteiger charge is -2.21. The van der Waals surface area contributed by atoms with E-state index in [1.807, 2.05) is 0 Å². The first-order valence-corrected chi connectivity index (χ1v) is 8.48. The van der Waals surface area contributed by atoms with Gasteiger partial charge in [-0.05, 0) is 31.2 Å². The molecule has 1 atom stereocenters. The number of anilines is 3. The molecule has 0 spiro atoms. The van der Waals surface area contributed by atoms with Gasteiger partial charge in [-0.3, -0.25) is 9.48 Å². The second kappa shape index (κ2) is 5.85. The fraction of sp³-hybridized carbons (Fsp3) is 0.389. The van der Waals surface area contributed by atoms with Crippen LogP contribution < -0.4 is 10.2 Å². The Balaban J connectivity index is 1.57. The van der Waals surface area contributed by atoms with Gasteiger partial charge in [0.05, 0.1) is 6.07 Å². The minimum atomic E-state index is -0.862. The maximum Gasteiger partial charge on any atom is 0.247 e. The van der Waals surface area contributed by atoms with Crippen LogP contribution in [0.1, 0.15) is 25.0 Å². The molecule has 1 saturated heterocycles. The molecule has 2 aromatic rings. The molecule has 130 valence electrons. The van der Waals surface area contributed by atoms with Crippen LogP contribution in [0, 0.1) is 34.0 Å². The summed E-state index contributed by atoms with van der Waals surface area (Å²) in [7, 11) is 1.69. The Labute approximate surface area is 150 Å². The summed E-state index contributed by atoms with van der Waals surface area (Å²) in [4.78, 5) is 18.8. The number of carbonyl (C=O) groups excluding carboxylic acids is 1. The minimum absolute atomic E-state index is 0.107. The SMILES string of the molecule is Cn1nc(Nc2cc(N3CC[C@@](C#N)(C4CC4)C3=O)ccn2)cc1C#N. The Kier molecular flexibility index (Phi) is 3.62. The van der Waals surface area contributed by atoms with Crippen molar-refractivity contribution in [3.63, 3.8) is 0 Å². The van der Waals surface area contributed by atoms with Crippen molar-refractivity contribution in [3.05, 3.63) is 30.1 Å². The summed E-state index contributed by atoms with van der Waals surface area (Å²) in [5, 5.41) is 25.9. The van der Waals surface area contributed by atoms with E-state index in [9.17, 15) is 10.1 Å². The van der Waals surface area contributed by atoms with Crippen molar-refractivity contribution in [2.45, 2.75) is 19.3 Å².